The summed E-state index contributed by atoms with van der Waals surface area (Å²) in [6.45, 7) is 1.91. The first-order valence-electron chi connectivity index (χ1n) is 9.28. The molecule has 0 aliphatic carbocycles. The van der Waals surface area contributed by atoms with E-state index in [1.54, 1.807) is 36.8 Å². The zero-order valence-corrected chi connectivity index (χ0v) is 16.8. The third kappa shape index (κ3) is 4.93. The van der Waals surface area contributed by atoms with E-state index in [2.05, 4.69) is 40.5 Å². The van der Waals surface area contributed by atoms with E-state index in [-0.39, 0.29) is 0 Å². The summed E-state index contributed by atoms with van der Waals surface area (Å²) >= 11 is 0. The van der Waals surface area contributed by atoms with Crippen molar-refractivity contribution < 1.29 is 9.53 Å². The molecule has 4 rings (SSSR count). The van der Waals surface area contributed by atoms with Crippen LogP contribution in [-0.2, 0) is 4.74 Å². The molecule has 2 N–H and O–H groups in total. The molecule has 0 bridgehead atoms. The Balaban J connectivity index is 1.52. The minimum absolute atomic E-state index is 0.319. The summed E-state index contributed by atoms with van der Waals surface area (Å²) in [6.07, 6.45) is 6.23. The first kappa shape index (κ1) is 19.8. The van der Waals surface area contributed by atoms with Crippen molar-refractivity contribution in [3.63, 3.8) is 0 Å². The average Bonchev–Trinajstić information content (AvgIpc) is 2.79. The van der Waals surface area contributed by atoms with E-state index in [9.17, 15) is 4.79 Å². The van der Waals surface area contributed by atoms with Gasteiger partial charge < -0.3 is 15.4 Å². The van der Waals surface area contributed by atoms with E-state index < -0.39 is 5.97 Å². The third-order valence-corrected chi connectivity index (χ3v) is 4.10. The largest absolute Gasteiger partial charge is 0.465 e. The summed E-state index contributed by atoms with van der Waals surface area (Å²) in [7, 11) is 1.31. The second-order valence-corrected chi connectivity index (χ2v) is 6.40. The lowest BCUT2D eigenvalue weighted by Gasteiger charge is -2.09. The van der Waals surface area contributed by atoms with Crippen LogP contribution in [-0.4, -0.2) is 43.0 Å². The Morgan fingerprint density at radius 1 is 0.935 bits per heavy atom. The number of aromatic nitrogens is 6. The lowest BCUT2D eigenvalue weighted by atomic mass is 10.2. The van der Waals surface area contributed by atoms with Crippen molar-refractivity contribution in [1.82, 2.24) is 29.9 Å². The van der Waals surface area contributed by atoms with Crippen LogP contribution in [0.3, 0.4) is 0 Å². The van der Waals surface area contributed by atoms with Crippen molar-refractivity contribution >= 4 is 29.2 Å². The van der Waals surface area contributed by atoms with Crippen molar-refractivity contribution in [3.05, 3.63) is 72.4 Å². The second-order valence-electron chi connectivity index (χ2n) is 6.40. The quantitative estimate of drug-likeness (QED) is 0.453. The van der Waals surface area contributed by atoms with Gasteiger partial charge in [0, 0.05) is 24.3 Å². The van der Waals surface area contributed by atoms with Gasteiger partial charge in [0.05, 0.1) is 24.6 Å². The summed E-state index contributed by atoms with van der Waals surface area (Å²) < 4.78 is 4.71. The van der Waals surface area contributed by atoms with Gasteiger partial charge in [-0.3, -0.25) is 4.98 Å². The standard InChI is InChI=1S/C21H18N8O2/c1-13-4-3-5-16(25-13)19-23-8-6-17(28-19)27-18-7-9-24-21(29-18)26-15-10-14(11-22-12-15)20(30)31-2/h3-12H,1-2H3,(H2,23,24,26,27,28,29). The zero-order chi connectivity index (χ0) is 21.6. The Labute approximate surface area is 177 Å². The molecule has 154 valence electrons. The van der Waals surface area contributed by atoms with Crippen molar-refractivity contribution in [2.45, 2.75) is 6.92 Å². The lowest BCUT2D eigenvalue weighted by molar-refractivity contribution is 0.0600. The summed E-state index contributed by atoms with van der Waals surface area (Å²) in [4.78, 5) is 37.6. The van der Waals surface area contributed by atoms with E-state index in [1.807, 2.05) is 25.1 Å². The van der Waals surface area contributed by atoms with Crippen molar-refractivity contribution in [2.24, 2.45) is 0 Å². The van der Waals surface area contributed by atoms with Crippen LogP contribution < -0.4 is 10.6 Å². The van der Waals surface area contributed by atoms with Crippen molar-refractivity contribution in [3.8, 4) is 11.5 Å². The lowest BCUT2D eigenvalue weighted by Crippen LogP contribution is -2.05. The Kier molecular flexibility index (Phi) is 5.70. The Morgan fingerprint density at radius 3 is 2.55 bits per heavy atom. The molecule has 0 aliphatic rings. The molecule has 4 heterocycles. The second kappa shape index (κ2) is 8.91. The van der Waals surface area contributed by atoms with Gasteiger partial charge in [-0.2, -0.15) is 4.98 Å². The molecule has 0 spiro atoms. The van der Waals surface area contributed by atoms with Gasteiger partial charge in [-0.1, -0.05) is 6.07 Å². The maximum Gasteiger partial charge on any atom is 0.339 e. The molecule has 0 amide bonds. The van der Waals surface area contributed by atoms with Crippen LogP contribution in [0, 0.1) is 6.92 Å². The zero-order valence-electron chi connectivity index (χ0n) is 16.8. The molecular formula is C21H18N8O2. The van der Waals surface area contributed by atoms with Gasteiger partial charge in [0.15, 0.2) is 5.82 Å². The van der Waals surface area contributed by atoms with Crippen LogP contribution >= 0.6 is 0 Å². The minimum atomic E-state index is -0.477. The fourth-order valence-electron chi connectivity index (χ4n) is 2.71. The molecule has 0 fully saturated rings. The number of nitrogens with one attached hydrogen (secondary N) is 2. The van der Waals surface area contributed by atoms with Gasteiger partial charge in [0.25, 0.3) is 0 Å². The van der Waals surface area contributed by atoms with Gasteiger partial charge in [-0.25, -0.2) is 24.7 Å². The highest BCUT2D eigenvalue weighted by Crippen LogP contribution is 2.19. The minimum Gasteiger partial charge on any atom is -0.465 e. The Bertz CT molecular complexity index is 1230. The van der Waals surface area contributed by atoms with Gasteiger partial charge in [-0.05, 0) is 37.3 Å². The molecule has 0 radical (unpaired) electrons. The SMILES string of the molecule is COC(=O)c1cncc(Nc2nccc(Nc3ccnc(-c4cccc(C)n4)n3)n2)c1. The smallest absolute Gasteiger partial charge is 0.339 e. The number of rotatable bonds is 6. The van der Waals surface area contributed by atoms with Crippen LogP contribution in [0.25, 0.3) is 11.5 Å². The number of pyridine rings is 2. The monoisotopic (exact) mass is 414 g/mol. The van der Waals surface area contributed by atoms with Crippen LogP contribution in [0.2, 0.25) is 0 Å². The first-order chi connectivity index (χ1) is 15.1. The predicted octanol–water partition coefficient (Wildman–Crippen LogP) is 3.31. The number of hydrogen-bond donors (Lipinski definition) is 2. The maximum atomic E-state index is 11.7. The number of anilines is 4. The molecule has 10 heteroatoms. The van der Waals surface area contributed by atoms with E-state index in [4.69, 9.17) is 4.74 Å². The number of carbonyl (C=O) groups excluding carboxylic acids is 1. The molecule has 0 saturated heterocycles. The molecule has 0 aliphatic heterocycles. The number of esters is 1. The Hall–Kier alpha value is -4.47. The van der Waals surface area contributed by atoms with E-state index in [0.29, 0.717) is 40.4 Å². The van der Waals surface area contributed by atoms with E-state index in [0.717, 1.165) is 5.69 Å². The normalized spacial score (nSPS) is 10.4. The molecule has 10 nitrogen and oxygen atoms in total. The highest BCUT2D eigenvalue weighted by atomic mass is 16.5. The highest BCUT2D eigenvalue weighted by molar-refractivity contribution is 5.90. The van der Waals surface area contributed by atoms with Gasteiger partial charge in [0.2, 0.25) is 5.95 Å². The van der Waals surface area contributed by atoms with Gasteiger partial charge in [-0.15, -0.1) is 0 Å². The van der Waals surface area contributed by atoms with Crippen LogP contribution in [0.15, 0.2) is 61.2 Å². The topological polar surface area (TPSA) is 128 Å². The summed E-state index contributed by atoms with van der Waals surface area (Å²) in [5.74, 6) is 1.44. The first-order valence-corrected chi connectivity index (χ1v) is 9.28. The number of hydrogen-bond acceptors (Lipinski definition) is 10. The number of carbonyl (C=O) groups is 1. The fraction of sp³-hybridized carbons (Fsp3) is 0.0952. The van der Waals surface area contributed by atoms with Crippen LogP contribution in [0.4, 0.5) is 23.3 Å². The van der Waals surface area contributed by atoms with Crippen molar-refractivity contribution in [2.75, 3.05) is 17.7 Å². The van der Waals surface area contributed by atoms with Gasteiger partial charge in [0.1, 0.15) is 17.3 Å². The van der Waals surface area contributed by atoms with Crippen molar-refractivity contribution in [1.29, 1.82) is 0 Å². The predicted molar refractivity (Wildman–Crippen MR) is 114 cm³/mol. The third-order valence-electron chi connectivity index (χ3n) is 4.10. The highest BCUT2D eigenvalue weighted by Gasteiger charge is 2.09. The Morgan fingerprint density at radius 2 is 1.74 bits per heavy atom. The number of ether oxygens (including phenoxy) is 1. The molecule has 0 atom stereocenters. The molecule has 0 aromatic carbocycles. The van der Waals surface area contributed by atoms with Crippen LogP contribution in [0.1, 0.15) is 16.1 Å². The van der Waals surface area contributed by atoms with Gasteiger partial charge >= 0.3 is 5.97 Å². The number of methoxy groups -OCH3 is 1. The molecule has 0 saturated carbocycles. The molecular weight excluding hydrogens is 396 g/mol. The van der Waals surface area contributed by atoms with E-state index >= 15 is 0 Å². The number of aryl methyl sites for hydroxylation is 1. The van der Waals surface area contributed by atoms with E-state index in [1.165, 1.54) is 13.3 Å². The summed E-state index contributed by atoms with van der Waals surface area (Å²) in [5.41, 5.74) is 2.44. The summed E-state index contributed by atoms with van der Waals surface area (Å²) in [5, 5.41) is 6.15. The molecule has 4 aromatic rings. The van der Waals surface area contributed by atoms with Crippen LogP contribution in [0.5, 0.6) is 0 Å². The molecule has 31 heavy (non-hydrogen) atoms. The molecule has 4 aromatic heterocycles. The number of nitrogens with zero attached hydrogens (tertiary/aromatic N) is 6. The molecule has 0 unspecified atom stereocenters. The maximum absolute atomic E-state index is 11.7. The average molecular weight is 414 g/mol. The summed E-state index contributed by atoms with van der Waals surface area (Å²) in [6, 6.07) is 10.7. The fourth-order valence-corrected chi connectivity index (χ4v) is 2.71.